The molecule has 0 aliphatic carbocycles. The Hall–Kier alpha value is -2.36. The van der Waals surface area contributed by atoms with Crippen LogP contribution in [-0.2, 0) is 6.54 Å². The zero-order valence-electron chi connectivity index (χ0n) is 15.8. The number of thiazole rings is 1. The van der Waals surface area contributed by atoms with Gasteiger partial charge in [-0.25, -0.2) is 0 Å². The van der Waals surface area contributed by atoms with Gasteiger partial charge < -0.3 is 9.30 Å². The summed E-state index contributed by atoms with van der Waals surface area (Å²) in [7, 11) is 0. The second-order valence-corrected chi connectivity index (χ2v) is 8.33. The number of aryl methyl sites for hydroxylation is 1. The number of amides is 1. The lowest BCUT2D eigenvalue weighted by atomic mass is 10.2. The van der Waals surface area contributed by atoms with Crippen molar-refractivity contribution in [2.75, 3.05) is 18.6 Å². The van der Waals surface area contributed by atoms with Crippen LogP contribution in [0.3, 0.4) is 0 Å². The van der Waals surface area contributed by atoms with E-state index in [2.05, 4.69) is 4.99 Å². The molecular weight excluding hydrogens is 434 g/mol. The van der Waals surface area contributed by atoms with Crippen molar-refractivity contribution in [3.8, 4) is 5.75 Å². The Labute approximate surface area is 180 Å². The number of hydrogen-bond donors (Lipinski definition) is 0. The highest BCUT2D eigenvalue weighted by atomic mass is 35.5. The zero-order chi connectivity index (χ0) is 21.0. The Morgan fingerprint density at radius 2 is 2.14 bits per heavy atom. The number of ether oxygens (including phenoxy) is 1. The van der Waals surface area contributed by atoms with Crippen LogP contribution in [0.4, 0.5) is 5.69 Å². The van der Waals surface area contributed by atoms with Gasteiger partial charge in [0.15, 0.2) is 4.80 Å². The molecule has 0 atom stereocenters. The van der Waals surface area contributed by atoms with Crippen LogP contribution < -0.4 is 9.54 Å². The summed E-state index contributed by atoms with van der Waals surface area (Å²) in [5.74, 6) is 0.976. The number of rotatable bonds is 7. The van der Waals surface area contributed by atoms with E-state index in [0.717, 1.165) is 27.8 Å². The third kappa shape index (κ3) is 4.80. The standard InChI is InChI=1S/C19H18ClN3O4S2/c1-3-27-13-5-7-16-17(11-13)29-19(22(16)8-9-28-2)21-18(24)14-10-12(23(25)26)4-6-15(14)20/h4-7,10-11H,3,8-9H2,1-2H3. The Balaban J connectivity index is 2.11. The van der Waals surface area contributed by atoms with Gasteiger partial charge in [0.2, 0.25) is 0 Å². The quantitative estimate of drug-likeness (QED) is 0.381. The lowest BCUT2D eigenvalue weighted by molar-refractivity contribution is -0.384. The van der Waals surface area contributed by atoms with E-state index in [4.69, 9.17) is 16.3 Å². The predicted octanol–water partition coefficient (Wildman–Crippen LogP) is 4.77. The number of halogens is 1. The summed E-state index contributed by atoms with van der Waals surface area (Å²) in [6.45, 7) is 3.15. The van der Waals surface area contributed by atoms with Crippen molar-refractivity contribution in [3.05, 3.63) is 61.9 Å². The molecule has 0 aliphatic heterocycles. The van der Waals surface area contributed by atoms with Crippen molar-refractivity contribution < 1.29 is 14.5 Å². The number of non-ortho nitro benzene ring substituents is 1. The second-order valence-electron chi connectivity index (χ2n) is 5.93. The summed E-state index contributed by atoms with van der Waals surface area (Å²) in [5.41, 5.74) is 0.745. The number of carbonyl (C=O) groups excluding carboxylic acids is 1. The number of aromatic nitrogens is 1. The number of nitrogens with zero attached hydrogens (tertiary/aromatic N) is 3. The minimum absolute atomic E-state index is 0.00439. The smallest absolute Gasteiger partial charge is 0.281 e. The van der Waals surface area contributed by atoms with Crippen molar-refractivity contribution >= 4 is 56.5 Å². The van der Waals surface area contributed by atoms with Crippen LogP contribution in [0.25, 0.3) is 10.2 Å². The van der Waals surface area contributed by atoms with E-state index in [1.807, 2.05) is 35.9 Å². The molecule has 0 fully saturated rings. The highest BCUT2D eigenvalue weighted by molar-refractivity contribution is 7.98. The normalized spacial score (nSPS) is 11.8. The summed E-state index contributed by atoms with van der Waals surface area (Å²) in [6.07, 6.45) is 2.01. The van der Waals surface area contributed by atoms with E-state index in [9.17, 15) is 14.9 Å². The topological polar surface area (TPSA) is 86.7 Å². The second kappa shape index (κ2) is 9.43. The Bertz CT molecular complexity index is 1140. The third-order valence-electron chi connectivity index (χ3n) is 4.07. The molecule has 7 nitrogen and oxygen atoms in total. The number of carbonyl (C=O) groups is 1. The van der Waals surface area contributed by atoms with Crippen LogP contribution in [0.2, 0.25) is 5.02 Å². The van der Waals surface area contributed by atoms with E-state index in [1.165, 1.54) is 23.5 Å². The summed E-state index contributed by atoms with van der Waals surface area (Å²) < 4.78 is 8.47. The predicted molar refractivity (Wildman–Crippen MR) is 117 cm³/mol. The summed E-state index contributed by atoms with van der Waals surface area (Å²) >= 11 is 9.14. The minimum Gasteiger partial charge on any atom is -0.494 e. The molecule has 0 saturated heterocycles. The fourth-order valence-electron chi connectivity index (χ4n) is 2.73. The fraction of sp³-hybridized carbons (Fsp3) is 0.263. The first kappa shape index (κ1) is 21.4. The van der Waals surface area contributed by atoms with Crippen molar-refractivity contribution in [2.24, 2.45) is 4.99 Å². The first-order chi connectivity index (χ1) is 13.9. The maximum Gasteiger partial charge on any atom is 0.281 e. The molecule has 29 heavy (non-hydrogen) atoms. The Kier molecular flexibility index (Phi) is 6.94. The van der Waals surface area contributed by atoms with Gasteiger partial charge in [-0.3, -0.25) is 14.9 Å². The first-order valence-electron chi connectivity index (χ1n) is 8.72. The zero-order valence-corrected chi connectivity index (χ0v) is 18.1. The summed E-state index contributed by atoms with van der Waals surface area (Å²) in [4.78, 5) is 28.0. The molecular formula is C19H18ClN3O4S2. The molecule has 1 heterocycles. The molecule has 0 N–H and O–H groups in total. The molecule has 0 aliphatic rings. The van der Waals surface area contributed by atoms with Gasteiger partial charge in [-0.1, -0.05) is 22.9 Å². The molecule has 0 unspecified atom stereocenters. The lowest BCUT2D eigenvalue weighted by Crippen LogP contribution is -2.18. The van der Waals surface area contributed by atoms with Gasteiger partial charge in [-0.15, -0.1) is 0 Å². The number of thioether (sulfide) groups is 1. The highest BCUT2D eigenvalue weighted by Crippen LogP contribution is 2.25. The van der Waals surface area contributed by atoms with E-state index in [0.29, 0.717) is 18.0 Å². The van der Waals surface area contributed by atoms with Gasteiger partial charge >= 0.3 is 0 Å². The average molecular weight is 452 g/mol. The maximum absolute atomic E-state index is 12.8. The van der Waals surface area contributed by atoms with E-state index >= 15 is 0 Å². The monoisotopic (exact) mass is 451 g/mol. The molecule has 1 amide bonds. The third-order valence-corrected chi connectivity index (χ3v) is 6.03. The SMILES string of the molecule is CCOc1ccc2c(c1)sc(=NC(=O)c1cc([N+](=O)[O-])ccc1Cl)n2CCSC. The van der Waals surface area contributed by atoms with Gasteiger partial charge in [0.1, 0.15) is 5.75 Å². The molecule has 1 aromatic heterocycles. The van der Waals surface area contributed by atoms with Crippen molar-refractivity contribution in [3.63, 3.8) is 0 Å². The van der Waals surface area contributed by atoms with E-state index in [-0.39, 0.29) is 16.3 Å². The Morgan fingerprint density at radius 3 is 2.83 bits per heavy atom. The average Bonchev–Trinajstić information content (AvgIpc) is 3.02. The number of hydrogen-bond acceptors (Lipinski definition) is 6. The van der Waals surface area contributed by atoms with Gasteiger partial charge in [-0.05, 0) is 37.4 Å². The molecule has 152 valence electrons. The van der Waals surface area contributed by atoms with Gasteiger partial charge in [0.25, 0.3) is 11.6 Å². The van der Waals surface area contributed by atoms with Gasteiger partial charge in [-0.2, -0.15) is 16.8 Å². The van der Waals surface area contributed by atoms with Crippen LogP contribution in [0.5, 0.6) is 5.75 Å². The van der Waals surface area contributed by atoms with Crippen molar-refractivity contribution in [1.29, 1.82) is 0 Å². The number of nitro groups is 1. The molecule has 2 aromatic carbocycles. The Morgan fingerprint density at radius 1 is 1.34 bits per heavy atom. The van der Waals surface area contributed by atoms with Crippen LogP contribution >= 0.6 is 34.7 Å². The van der Waals surface area contributed by atoms with Crippen molar-refractivity contribution in [1.82, 2.24) is 4.57 Å². The summed E-state index contributed by atoms with van der Waals surface area (Å²) in [5, 5.41) is 11.1. The van der Waals surface area contributed by atoms with Crippen LogP contribution in [0.15, 0.2) is 41.4 Å². The number of benzene rings is 2. The number of nitro benzene ring substituents is 1. The van der Waals surface area contributed by atoms with Crippen LogP contribution in [0, 0.1) is 10.1 Å². The molecule has 3 rings (SSSR count). The summed E-state index contributed by atoms with van der Waals surface area (Å²) in [6, 6.07) is 9.50. The highest BCUT2D eigenvalue weighted by Gasteiger charge is 2.16. The van der Waals surface area contributed by atoms with Crippen LogP contribution in [0.1, 0.15) is 17.3 Å². The molecule has 0 spiro atoms. The van der Waals surface area contributed by atoms with Gasteiger partial charge in [0.05, 0.1) is 32.3 Å². The number of fused-ring (bicyclic) bond motifs is 1. The largest absolute Gasteiger partial charge is 0.494 e. The maximum atomic E-state index is 12.8. The van der Waals surface area contributed by atoms with E-state index in [1.54, 1.807) is 11.8 Å². The first-order valence-corrected chi connectivity index (χ1v) is 11.3. The van der Waals surface area contributed by atoms with Crippen LogP contribution in [-0.4, -0.2) is 34.0 Å². The lowest BCUT2D eigenvalue weighted by Gasteiger charge is -2.05. The van der Waals surface area contributed by atoms with Gasteiger partial charge in [0, 0.05) is 24.4 Å². The molecule has 0 bridgehead atoms. The fourth-order valence-corrected chi connectivity index (χ4v) is 4.38. The molecule has 10 heteroatoms. The van der Waals surface area contributed by atoms with E-state index < -0.39 is 10.8 Å². The van der Waals surface area contributed by atoms with Crippen molar-refractivity contribution in [2.45, 2.75) is 13.5 Å². The molecule has 0 saturated carbocycles. The minimum atomic E-state index is -0.617. The molecule has 0 radical (unpaired) electrons. The molecule has 3 aromatic rings.